The smallest absolute Gasteiger partial charge is 0.323 e. The van der Waals surface area contributed by atoms with Crippen molar-refractivity contribution in [1.82, 2.24) is 15.1 Å². The van der Waals surface area contributed by atoms with Gasteiger partial charge in [-0.2, -0.15) is 0 Å². The highest BCUT2D eigenvalue weighted by molar-refractivity contribution is 5.81. The first-order valence-electron chi connectivity index (χ1n) is 6.68. The van der Waals surface area contributed by atoms with Gasteiger partial charge in [0.05, 0.1) is 0 Å². The fourth-order valence-electron chi connectivity index (χ4n) is 2.05. The molecular weight excluding hydrogens is 262 g/mol. The molecule has 0 atom stereocenters. The lowest BCUT2D eigenvalue weighted by Gasteiger charge is -2.20. The number of hydrogen-bond donors (Lipinski definition) is 2. The third kappa shape index (κ3) is 5.29. The van der Waals surface area contributed by atoms with Crippen molar-refractivity contribution in [3.63, 3.8) is 0 Å². The molecule has 0 aromatic heterocycles. The first-order valence-corrected chi connectivity index (χ1v) is 6.68. The van der Waals surface area contributed by atoms with E-state index in [2.05, 4.69) is 11.9 Å². The van der Waals surface area contributed by atoms with Crippen LogP contribution in [0.2, 0.25) is 0 Å². The summed E-state index contributed by atoms with van der Waals surface area (Å²) >= 11 is 0. The molecule has 2 N–H and O–H groups in total. The average Bonchev–Trinajstić information content (AvgIpc) is 2.91. The summed E-state index contributed by atoms with van der Waals surface area (Å²) in [6.45, 7) is 5.02. The maximum absolute atomic E-state index is 11.8. The van der Waals surface area contributed by atoms with Gasteiger partial charge in [-0.1, -0.05) is 6.08 Å². The van der Waals surface area contributed by atoms with Gasteiger partial charge in [0.2, 0.25) is 5.91 Å². The summed E-state index contributed by atoms with van der Waals surface area (Å²) in [5.74, 6) is -1.06. The number of rotatable bonds is 7. The van der Waals surface area contributed by atoms with Crippen molar-refractivity contribution in [3.05, 3.63) is 12.7 Å². The van der Waals surface area contributed by atoms with Crippen LogP contribution in [0.1, 0.15) is 19.3 Å². The zero-order valence-corrected chi connectivity index (χ0v) is 11.5. The standard InChI is InChI=1S/C13H21N3O4/c1-2-7-16(10-12(18)19)13(20)14-6-5-11(17)15-8-3-4-9-15/h2H,1,3-10H2,(H,14,20)(H,18,19). The Kier molecular flexibility index (Phi) is 6.55. The number of carboxylic acid groups (broad SMARTS) is 1. The highest BCUT2D eigenvalue weighted by atomic mass is 16.4. The van der Waals surface area contributed by atoms with Crippen LogP contribution in [-0.4, -0.2) is 65.5 Å². The van der Waals surface area contributed by atoms with Crippen LogP contribution in [0.15, 0.2) is 12.7 Å². The van der Waals surface area contributed by atoms with E-state index in [1.165, 1.54) is 6.08 Å². The fourth-order valence-corrected chi connectivity index (χ4v) is 2.05. The lowest BCUT2D eigenvalue weighted by Crippen LogP contribution is -2.44. The molecule has 1 aliphatic heterocycles. The maximum atomic E-state index is 11.8. The minimum Gasteiger partial charge on any atom is -0.480 e. The predicted octanol–water partition coefficient (Wildman–Crippen LogP) is 0.281. The minimum absolute atomic E-state index is 0.0244. The first kappa shape index (κ1) is 16.0. The van der Waals surface area contributed by atoms with Crippen LogP contribution in [0, 0.1) is 0 Å². The van der Waals surface area contributed by atoms with Crippen molar-refractivity contribution in [3.8, 4) is 0 Å². The van der Waals surface area contributed by atoms with Crippen molar-refractivity contribution in [2.24, 2.45) is 0 Å². The van der Waals surface area contributed by atoms with Crippen LogP contribution in [0.5, 0.6) is 0 Å². The van der Waals surface area contributed by atoms with Gasteiger partial charge in [-0.3, -0.25) is 9.59 Å². The summed E-state index contributed by atoms with van der Waals surface area (Å²) in [6, 6.07) is -0.499. The van der Waals surface area contributed by atoms with Crippen LogP contribution in [-0.2, 0) is 9.59 Å². The quantitative estimate of drug-likeness (QED) is 0.657. The monoisotopic (exact) mass is 283 g/mol. The second-order valence-electron chi connectivity index (χ2n) is 4.63. The normalized spacial score (nSPS) is 13.9. The summed E-state index contributed by atoms with van der Waals surface area (Å²) in [6.07, 6.45) is 3.76. The number of carbonyl (C=O) groups excluding carboxylic acids is 2. The number of urea groups is 1. The third-order valence-corrected chi connectivity index (χ3v) is 3.04. The molecule has 0 aromatic carbocycles. The van der Waals surface area contributed by atoms with E-state index in [9.17, 15) is 14.4 Å². The average molecular weight is 283 g/mol. The lowest BCUT2D eigenvalue weighted by atomic mass is 10.3. The Morgan fingerprint density at radius 1 is 1.30 bits per heavy atom. The van der Waals surface area contributed by atoms with E-state index in [1.54, 1.807) is 4.90 Å². The Labute approximate surface area is 118 Å². The molecule has 7 nitrogen and oxygen atoms in total. The van der Waals surface area contributed by atoms with Gasteiger partial charge in [0.1, 0.15) is 6.54 Å². The van der Waals surface area contributed by atoms with E-state index >= 15 is 0 Å². The number of likely N-dealkylation sites (tertiary alicyclic amines) is 1. The molecule has 0 unspecified atom stereocenters. The SMILES string of the molecule is C=CCN(CC(=O)O)C(=O)NCCC(=O)N1CCCC1. The molecule has 0 bridgehead atoms. The zero-order chi connectivity index (χ0) is 15.0. The van der Waals surface area contributed by atoms with Crippen LogP contribution in [0.25, 0.3) is 0 Å². The number of amides is 3. The number of nitrogens with one attached hydrogen (secondary N) is 1. The first-order chi connectivity index (χ1) is 9.54. The topological polar surface area (TPSA) is 90.0 Å². The Hall–Kier alpha value is -2.05. The molecule has 1 fully saturated rings. The molecule has 7 heteroatoms. The van der Waals surface area contributed by atoms with Crippen molar-refractivity contribution in [2.45, 2.75) is 19.3 Å². The summed E-state index contributed by atoms with van der Waals surface area (Å²) in [7, 11) is 0. The predicted molar refractivity (Wildman–Crippen MR) is 73.2 cm³/mol. The van der Waals surface area contributed by atoms with Crippen LogP contribution in [0.4, 0.5) is 4.79 Å². The Balaban J connectivity index is 2.30. The third-order valence-electron chi connectivity index (χ3n) is 3.04. The van der Waals surface area contributed by atoms with Gasteiger partial charge in [0, 0.05) is 32.6 Å². The van der Waals surface area contributed by atoms with Crippen molar-refractivity contribution in [1.29, 1.82) is 0 Å². The summed E-state index contributed by atoms with van der Waals surface area (Å²) in [4.78, 5) is 37.0. The van der Waals surface area contributed by atoms with Crippen molar-refractivity contribution < 1.29 is 19.5 Å². The van der Waals surface area contributed by atoms with Crippen LogP contribution >= 0.6 is 0 Å². The largest absolute Gasteiger partial charge is 0.480 e. The Morgan fingerprint density at radius 3 is 2.50 bits per heavy atom. The number of aliphatic carboxylic acids is 1. The van der Waals surface area contributed by atoms with Crippen molar-refractivity contribution in [2.75, 3.05) is 32.7 Å². The molecule has 0 saturated carbocycles. The number of carbonyl (C=O) groups is 3. The molecule has 0 aromatic rings. The molecule has 0 spiro atoms. The van der Waals surface area contributed by atoms with E-state index in [1.807, 2.05) is 0 Å². The minimum atomic E-state index is -1.09. The molecule has 0 radical (unpaired) electrons. The molecule has 1 heterocycles. The number of carboxylic acids is 1. The van der Waals surface area contributed by atoms with E-state index in [4.69, 9.17) is 5.11 Å². The lowest BCUT2D eigenvalue weighted by molar-refractivity contribution is -0.137. The number of nitrogens with zero attached hydrogens (tertiary/aromatic N) is 2. The molecular formula is C13H21N3O4. The van der Waals surface area contributed by atoms with E-state index in [-0.39, 0.29) is 25.4 Å². The Bertz CT molecular complexity index is 378. The molecule has 112 valence electrons. The molecule has 0 aliphatic carbocycles. The highest BCUT2D eigenvalue weighted by Gasteiger charge is 2.19. The van der Waals surface area contributed by atoms with E-state index in [0.29, 0.717) is 0 Å². The fraction of sp³-hybridized carbons (Fsp3) is 0.615. The van der Waals surface area contributed by atoms with Crippen molar-refractivity contribution >= 4 is 17.9 Å². The highest BCUT2D eigenvalue weighted by Crippen LogP contribution is 2.08. The second kappa shape index (κ2) is 8.19. The second-order valence-corrected chi connectivity index (χ2v) is 4.63. The molecule has 1 saturated heterocycles. The van der Waals surface area contributed by atoms with Crippen LogP contribution < -0.4 is 5.32 Å². The zero-order valence-electron chi connectivity index (χ0n) is 11.5. The van der Waals surface area contributed by atoms with Gasteiger partial charge in [0.25, 0.3) is 0 Å². The summed E-state index contributed by atoms with van der Waals surface area (Å²) in [5.41, 5.74) is 0. The molecule has 3 amide bonds. The molecule has 1 rings (SSSR count). The van der Waals surface area contributed by atoms with Gasteiger partial charge < -0.3 is 20.2 Å². The molecule has 1 aliphatic rings. The van der Waals surface area contributed by atoms with Gasteiger partial charge >= 0.3 is 12.0 Å². The van der Waals surface area contributed by atoms with Gasteiger partial charge in [0.15, 0.2) is 0 Å². The maximum Gasteiger partial charge on any atom is 0.323 e. The van der Waals surface area contributed by atoms with E-state index < -0.39 is 18.5 Å². The number of hydrogen-bond acceptors (Lipinski definition) is 3. The Morgan fingerprint density at radius 2 is 1.95 bits per heavy atom. The van der Waals surface area contributed by atoms with Gasteiger partial charge in [-0.25, -0.2) is 4.79 Å². The van der Waals surface area contributed by atoms with Gasteiger partial charge in [-0.15, -0.1) is 6.58 Å². The van der Waals surface area contributed by atoms with Gasteiger partial charge in [-0.05, 0) is 12.8 Å². The van der Waals surface area contributed by atoms with E-state index in [0.717, 1.165) is 30.8 Å². The summed E-state index contributed by atoms with van der Waals surface area (Å²) in [5, 5.41) is 11.3. The van der Waals surface area contributed by atoms with Crippen LogP contribution in [0.3, 0.4) is 0 Å². The summed E-state index contributed by atoms with van der Waals surface area (Å²) < 4.78 is 0. The molecule has 20 heavy (non-hydrogen) atoms.